The highest BCUT2D eigenvalue weighted by atomic mass is 14.9. The Morgan fingerprint density at radius 2 is 1.39 bits per heavy atom. The summed E-state index contributed by atoms with van der Waals surface area (Å²) in [6, 6.07) is 0. The van der Waals surface area contributed by atoms with E-state index >= 15 is 0 Å². The molecule has 0 amide bonds. The second-order valence-corrected chi connectivity index (χ2v) is 6.88. The summed E-state index contributed by atoms with van der Waals surface area (Å²) in [5, 5.41) is 7.04. The lowest BCUT2D eigenvalue weighted by Gasteiger charge is -2.20. The van der Waals surface area contributed by atoms with Gasteiger partial charge in [0.15, 0.2) is 0 Å². The van der Waals surface area contributed by atoms with E-state index in [1.807, 2.05) is 0 Å². The number of unbranched alkanes of at least 4 members (excludes halogenated alkanes) is 3. The first-order chi connectivity index (χ1) is 8.42. The van der Waals surface area contributed by atoms with Crippen LogP contribution >= 0.6 is 0 Å². The number of nitrogens with one attached hydrogen (secondary N) is 2. The normalized spacial score (nSPS) is 12.3. The molecule has 0 spiro atoms. The van der Waals surface area contributed by atoms with Crippen molar-refractivity contribution in [3.8, 4) is 0 Å². The van der Waals surface area contributed by atoms with E-state index < -0.39 is 0 Å². The summed E-state index contributed by atoms with van der Waals surface area (Å²) in [5.74, 6) is 0.874. The molecule has 110 valence electrons. The van der Waals surface area contributed by atoms with Crippen LogP contribution < -0.4 is 10.6 Å². The Balaban J connectivity index is 3.04. The van der Waals surface area contributed by atoms with E-state index in [2.05, 4.69) is 45.3 Å². The molecule has 0 heterocycles. The van der Waals surface area contributed by atoms with Crippen LogP contribution in [0.4, 0.5) is 0 Å². The van der Waals surface area contributed by atoms with Crippen molar-refractivity contribution in [1.82, 2.24) is 10.6 Å². The number of hydrogen-bond acceptors (Lipinski definition) is 2. The van der Waals surface area contributed by atoms with E-state index in [1.54, 1.807) is 0 Å². The van der Waals surface area contributed by atoms with Crippen molar-refractivity contribution in [2.24, 2.45) is 5.92 Å². The van der Waals surface area contributed by atoms with Gasteiger partial charge >= 0.3 is 0 Å². The van der Waals surface area contributed by atoms with Crippen LogP contribution in [0.1, 0.15) is 73.1 Å². The van der Waals surface area contributed by atoms with Gasteiger partial charge in [-0.05, 0) is 59.2 Å². The van der Waals surface area contributed by atoms with Crippen molar-refractivity contribution in [3.63, 3.8) is 0 Å². The van der Waals surface area contributed by atoms with Gasteiger partial charge < -0.3 is 10.6 Å². The van der Waals surface area contributed by atoms with Gasteiger partial charge in [0.05, 0.1) is 0 Å². The molecule has 0 atom stereocenters. The summed E-state index contributed by atoms with van der Waals surface area (Å²) < 4.78 is 0. The maximum absolute atomic E-state index is 3.53. The zero-order valence-corrected chi connectivity index (χ0v) is 13.4. The topological polar surface area (TPSA) is 24.1 Å². The number of hydrogen-bond donors (Lipinski definition) is 2. The Bertz CT molecular complexity index is 170. The minimum atomic E-state index is 0.260. The lowest BCUT2D eigenvalue weighted by Crippen LogP contribution is -2.37. The van der Waals surface area contributed by atoms with Crippen LogP contribution in [0.2, 0.25) is 0 Å². The van der Waals surface area contributed by atoms with E-state index in [4.69, 9.17) is 0 Å². The Morgan fingerprint density at radius 3 is 2.00 bits per heavy atom. The van der Waals surface area contributed by atoms with Crippen molar-refractivity contribution in [3.05, 3.63) is 0 Å². The van der Waals surface area contributed by atoms with Crippen molar-refractivity contribution in [2.75, 3.05) is 19.6 Å². The molecule has 2 N–H and O–H groups in total. The predicted molar refractivity (Wildman–Crippen MR) is 83.2 cm³/mol. The third-order valence-corrected chi connectivity index (χ3v) is 3.07. The molecule has 0 aliphatic heterocycles. The van der Waals surface area contributed by atoms with Gasteiger partial charge in [0.2, 0.25) is 0 Å². The SMILES string of the molecule is CC(C)CCCCCCNCCCNC(C)(C)C. The van der Waals surface area contributed by atoms with E-state index in [0.29, 0.717) is 0 Å². The molecule has 0 bridgehead atoms. The van der Waals surface area contributed by atoms with Crippen LogP contribution in [0.15, 0.2) is 0 Å². The van der Waals surface area contributed by atoms with E-state index in [-0.39, 0.29) is 5.54 Å². The third-order valence-electron chi connectivity index (χ3n) is 3.07. The minimum Gasteiger partial charge on any atom is -0.317 e. The number of rotatable bonds is 11. The highest BCUT2D eigenvalue weighted by Crippen LogP contribution is 2.08. The van der Waals surface area contributed by atoms with Gasteiger partial charge in [-0.1, -0.05) is 39.5 Å². The molecule has 0 aromatic rings. The van der Waals surface area contributed by atoms with Gasteiger partial charge in [0, 0.05) is 5.54 Å². The van der Waals surface area contributed by atoms with Crippen LogP contribution in [-0.2, 0) is 0 Å². The fourth-order valence-electron chi connectivity index (χ4n) is 1.96. The van der Waals surface area contributed by atoms with Crippen LogP contribution in [0.3, 0.4) is 0 Å². The van der Waals surface area contributed by atoms with E-state index in [1.165, 1.54) is 45.1 Å². The average molecular weight is 256 g/mol. The van der Waals surface area contributed by atoms with Crippen molar-refractivity contribution in [2.45, 2.75) is 78.7 Å². The quantitative estimate of drug-likeness (QED) is 0.547. The average Bonchev–Trinajstić information content (AvgIpc) is 2.24. The minimum absolute atomic E-state index is 0.260. The zero-order valence-electron chi connectivity index (χ0n) is 13.4. The molecule has 0 aromatic heterocycles. The first kappa shape index (κ1) is 17.9. The second-order valence-electron chi connectivity index (χ2n) is 6.88. The van der Waals surface area contributed by atoms with Crippen molar-refractivity contribution >= 4 is 0 Å². The Hall–Kier alpha value is -0.0800. The molecule has 0 rings (SSSR count). The standard InChI is InChI=1S/C16H36N2/c1-15(2)11-8-6-7-9-12-17-13-10-14-18-16(3,4)5/h15,17-18H,6-14H2,1-5H3. The van der Waals surface area contributed by atoms with E-state index in [0.717, 1.165) is 19.0 Å². The Kier molecular flexibility index (Phi) is 10.8. The van der Waals surface area contributed by atoms with Crippen LogP contribution in [0.5, 0.6) is 0 Å². The second kappa shape index (κ2) is 10.8. The molecule has 18 heavy (non-hydrogen) atoms. The summed E-state index contributed by atoms with van der Waals surface area (Å²) in [6.07, 6.45) is 8.17. The fraction of sp³-hybridized carbons (Fsp3) is 1.00. The molecule has 0 saturated heterocycles. The van der Waals surface area contributed by atoms with Gasteiger partial charge in [-0.25, -0.2) is 0 Å². The predicted octanol–water partition coefficient (Wildman–Crippen LogP) is 3.96. The molecular formula is C16H36N2. The van der Waals surface area contributed by atoms with Gasteiger partial charge in [-0.3, -0.25) is 0 Å². The fourth-order valence-corrected chi connectivity index (χ4v) is 1.96. The van der Waals surface area contributed by atoms with Gasteiger partial charge in [-0.2, -0.15) is 0 Å². The molecule has 0 aromatic carbocycles. The molecular weight excluding hydrogens is 220 g/mol. The smallest absolute Gasteiger partial charge is 0.00965 e. The lowest BCUT2D eigenvalue weighted by molar-refractivity contribution is 0.418. The molecule has 0 aliphatic carbocycles. The van der Waals surface area contributed by atoms with Crippen LogP contribution in [0, 0.1) is 5.92 Å². The van der Waals surface area contributed by atoms with Gasteiger partial charge in [0.1, 0.15) is 0 Å². The molecule has 2 nitrogen and oxygen atoms in total. The molecule has 0 radical (unpaired) electrons. The van der Waals surface area contributed by atoms with Crippen molar-refractivity contribution < 1.29 is 0 Å². The highest BCUT2D eigenvalue weighted by molar-refractivity contribution is 4.69. The van der Waals surface area contributed by atoms with Crippen LogP contribution in [0.25, 0.3) is 0 Å². The molecule has 0 fully saturated rings. The Morgan fingerprint density at radius 1 is 0.778 bits per heavy atom. The third kappa shape index (κ3) is 15.9. The first-order valence-corrected chi connectivity index (χ1v) is 7.87. The maximum atomic E-state index is 3.53. The van der Waals surface area contributed by atoms with E-state index in [9.17, 15) is 0 Å². The monoisotopic (exact) mass is 256 g/mol. The van der Waals surface area contributed by atoms with Crippen molar-refractivity contribution in [1.29, 1.82) is 0 Å². The molecule has 0 saturated carbocycles. The lowest BCUT2D eigenvalue weighted by atomic mass is 10.0. The summed E-state index contributed by atoms with van der Waals surface area (Å²) in [6.45, 7) is 14.7. The largest absolute Gasteiger partial charge is 0.317 e. The summed E-state index contributed by atoms with van der Waals surface area (Å²) in [7, 11) is 0. The van der Waals surface area contributed by atoms with Crippen LogP contribution in [-0.4, -0.2) is 25.2 Å². The zero-order chi connectivity index (χ0) is 13.9. The van der Waals surface area contributed by atoms with Gasteiger partial charge in [0.25, 0.3) is 0 Å². The van der Waals surface area contributed by atoms with Gasteiger partial charge in [-0.15, -0.1) is 0 Å². The molecule has 2 heteroatoms. The summed E-state index contributed by atoms with van der Waals surface area (Å²) in [4.78, 5) is 0. The summed E-state index contributed by atoms with van der Waals surface area (Å²) >= 11 is 0. The maximum Gasteiger partial charge on any atom is 0.00965 e. The Labute approximate surface area is 115 Å². The highest BCUT2D eigenvalue weighted by Gasteiger charge is 2.06. The molecule has 0 aliphatic rings. The first-order valence-electron chi connectivity index (χ1n) is 7.87. The summed E-state index contributed by atoms with van der Waals surface area (Å²) in [5.41, 5.74) is 0.260. The molecule has 0 unspecified atom stereocenters.